The molecule has 1 aliphatic rings. The van der Waals surface area contributed by atoms with Gasteiger partial charge in [0.2, 0.25) is 0 Å². The Bertz CT molecular complexity index is 855. The number of nitrogens with zero attached hydrogens (tertiary/aromatic N) is 1. The Morgan fingerprint density at radius 2 is 1.88 bits per heavy atom. The summed E-state index contributed by atoms with van der Waals surface area (Å²) in [6, 6.07) is 10.5. The first-order chi connectivity index (χ1) is 12.4. The predicted octanol–water partition coefficient (Wildman–Crippen LogP) is 4.43. The van der Waals surface area contributed by atoms with Crippen molar-refractivity contribution in [3.8, 4) is 5.75 Å². The minimum atomic E-state index is -1.04. The minimum absolute atomic E-state index is 0.277. The van der Waals surface area contributed by atoms with E-state index in [1.807, 2.05) is 12.1 Å². The Morgan fingerprint density at radius 3 is 2.54 bits per heavy atom. The molecule has 0 spiro atoms. The molecule has 1 aliphatic heterocycles. The summed E-state index contributed by atoms with van der Waals surface area (Å²) in [5.74, 6) is -1.02. The maximum Gasteiger partial charge on any atom is 0.326 e. The maximum atomic E-state index is 13.2. The van der Waals surface area contributed by atoms with Crippen LogP contribution < -0.4 is 4.74 Å². The van der Waals surface area contributed by atoms with Gasteiger partial charge in [0, 0.05) is 15.6 Å². The molecule has 26 heavy (non-hydrogen) atoms. The monoisotopic (exact) mass is 393 g/mol. The van der Waals surface area contributed by atoms with Crippen LogP contribution in [0.2, 0.25) is 10.0 Å². The van der Waals surface area contributed by atoms with Gasteiger partial charge in [0.05, 0.1) is 13.2 Å². The zero-order valence-corrected chi connectivity index (χ0v) is 15.5. The Hall–Kier alpha value is -2.24. The van der Waals surface area contributed by atoms with E-state index in [9.17, 15) is 14.7 Å². The summed E-state index contributed by atoms with van der Waals surface area (Å²) in [6.07, 6.45) is 0.874. The van der Waals surface area contributed by atoms with E-state index in [0.29, 0.717) is 28.6 Å². The molecule has 0 aliphatic carbocycles. The number of carboxylic acid groups (broad SMARTS) is 1. The molecular weight excluding hydrogens is 377 g/mol. The molecule has 0 saturated carbocycles. The lowest BCUT2D eigenvalue weighted by atomic mass is 10.0. The number of hydrogen-bond acceptors (Lipinski definition) is 3. The van der Waals surface area contributed by atoms with Crippen LogP contribution in [0.5, 0.6) is 5.75 Å². The fraction of sp³-hybridized carbons (Fsp3) is 0.263. The second kappa shape index (κ2) is 7.56. The zero-order valence-electron chi connectivity index (χ0n) is 14.0. The third kappa shape index (κ3) is 3.50. The van der Waals surface area contributed by atoms with Crippen molar-refractivity contribution in [1.82, 2.24) is 4.90 Å². The Labute approximate surface area is 161 Å². The number of halogens is 2. The SMILES string of the molecule is COc1cc(Cl)cc(C(=O)N2C(C(=O)O)CCC2c2ccccc2Cl)c1. The first-order valence-corrected chi connectivity index (χ1v) is 8.82. The second-order valence-corrected chi connectivity index (χ2v) is 6.90. The van der Waals surface area contributed by atoms with Crippen LogP contribution in [0.15, 0.2) is 42.5 Å². The number of carbonyl (C=O) groups excluding carboxylic acids is 1. The largest absolute Gasteiger partial charge is 0.497 e. The van der Waals surface area contributed by atoms with Crippen LogP contribution in [0.4, 0.5) is 0 Å². The first-order valence-electron chi connectivity index (χ1n) is 8.07. The normalized spacial score (nSPS) is 19.4. The van der Waals surface area contributed by atoms with Crippen LogP contribution in [0.1, 0.15) is 34.8 Å². The summed E-state index contributed by atoms with van der Waals surface area (Å²) < 4.78 is 5.16. The van der Waals surface area contributed by atoms with E-state index in [2.05, 4.69) is 0 Å². The van der Waals surface area contributed by atoms with Crippen molar-refractivity contribution in [2.75, 3.05) is 7.11 Å². The van der Waals surface area contributed by atoms with Gasteiger partial charge >= 0.3 is 5.97 Å². The van der Waals surface area contributed by atoms with E-state index in [4.69, 9.17) is 27.9 Å². The molecule has 136 valence electrons. The van der Waals surface area contributed by atoms with Crippen molar-refractivity contribution in [2.24, 2.45) is 0 Å². The molecule has 1 heterocycles. The predicted molar refractivity (Wildman–Crippen MR) is 99.0 cm³/mol. The van der Waals surface area contributed by atoms with Crippen LogP contribution >= 0.6 is 23.2 Å². The number of methoxy groups -OCH3 is 1. The number of carboxylic acids is 1. The van der Waals surface area contributed by atoms with Crippen molar-refractivity contribution in [1.29, 1.82) is 0 Å². The smallest absolute Gasteiger partial charge is 0.326 e. The highest BCUT2D eigenvalue weighted by Gasteiger charge is 2.42. The minimum Gasteiger partial charge on any atom is -0.497 e. The van der Waals surface area contributed by atoms with Crippen LogP contribution in [0, 0.1) is 0 Å². The molecule has 2 aromatic carbocycles. The standard InChI is InChI=1S/C19H17Cl2NO4/c1-26-13-9-11(8-12(20)10-13)18(23)22-16(6-7-17(22)19(24)25)14-4-2-3-5-15(14)21/h2-5,8-10,16-17H,6-7H2,1H3,(H,24,25). The number of hydrogen-bond donors (Lipinski definition) is 1. The van der Waals surface area contributed by atoms with Crippen molar-refractivity contribution < 1.29 is 19.4 Å². The van der Waals surface area contributed by atoms with Crippen LogP contribution in [-0.4, -0.2) is 35.0 Å². The van der Waals surface area contributed by atoms with Gasteiger partial charge in [-0.05, 0) is 42.7 Å². The first kappa shape index (κ1) is 18.5. The zero-order chi connectivity index (χ0) is 18.8. The number of likely N-dealkylation sites (tertiary alicyclic amines) is 1. The Kier molecular flexibility index (Phi) is 5.39. The molecule has 3 rings (SSSR count). The third-order valence-corrected chi connectivity index (χ3v) is 5.09. The molecule has 1 N–H and O–H groups in total. The average molecular weight is 394 g/mol. The average Bonchev–Trinajstić information content (AvgIpc) is 3.05. The van der Waals surface area contributed by atoms with Gasteiger partial charge in [-0.3, -0.25) is 4.79 Å². The summed E-state index contributed by atoms with van der Waals surface area (Å²) in [7, 11) is 1.47. The van der Waals surface area contributed by atoms with Crippen molar-refractivity contribution in [3.05, 3.63) is 63.6 Å². The Morgan fingerprint density at radius 1 is 1.15 bits per heavy atom. The lowest BCUT2D eigenvalue weighted by molar-refractivity contribution is -0.141. The van der Waals surface area contributed by atoms with E-state index < -0.39 is 24.0 Å². The molecule has 0 aromatic heterocycles. The number of rotatable bonds is 4. The van der Waals surface area contributed by atoms with Gasteiger partial charge in [-0.15, -0.1) is 0 Å². The van der Waals surface area contributed by atoms with E-state index in [1.165, 1.54) is 18.1 Å². The summed E-state index contributed by atoms with van der Waals surface area (Å²) >= 11 is 12.4. The lowest BCUT2D eigenvalue weighted by Crippen LogP contribution is -2.41. The highest BCUT2D eigenvalue weighted by Crippen LogP contribution is 2.40. The molecule has 2 aromatic rings. The molecule has 2 unspecified atom stereocenters. The molecule has 1 saturated heterocycles. The van der Waals surface area contributed by atoms with Gasteiger partial charge in [-0.2, -0.15) is 0 Å². The summed E-state index contributed by atoms with van der Waals surface area (Å²) in [6.45, 7) is 0. The molecule has 7 heteroatoms. The highest BCUT2D eigenvalue weighted by molar-refractivity contribution is 6.31. The van der Waals surface area contributed by atoms with Crippen molar-refractivity contribution >= 4 is 35.1 Å². The Balaban J connectivity index is 2.04. The number of aliphatic carboxylic acids is 1. The second-order valence-electron chi connectivity index (χ2n) is 6.06. The van der Waals surface area contributed by atoms with Crippen LogP contribution in [0.25, 0.3) is 0 Å². The van der Waals surface area contributed by atoms with Gasteiger partial charge in [-0.25, -0.2) is 4.79 Å². The fourth-order valence-corrected chi connectivity index (χ4v) is 3.83. The van der Waals surface area contributed by atoms with E-state index >= 15 is 0 Å². The van der Waals surface area contributed by atoms with Gasteiger partial charge in [-0.1, -0.05) is 41.4 Å². The molecular formula is C19H17Cl2NO4. The van der Waals surface area contributed by atoms with Gasteiger partial charge in [0.25, 0.3) is 5.91 Å². The van der Waals surface area contributed by atoms with E-state index in [1.54, 1.807) is 24.3 Å². The van der Waals surface area contributed by atoms with Crippen molar-refractivity contribution in [3.63, 3.8) is 0 Å². The van der Waals surface area contributed by atoms with Gasteiger partial charge in [0.1, 0.15) is 11.8 Å². The quantitative estimate of drug-likeness (QED) is 0.833. The molecule has 2 atom stereocenters. The van der Waals surface area contributed by atoms with Crippen LogP contribution in [0.3, 0.4) is 0 Å². The summed E-state index contributed by atoms with van der Waals surface area (Å²) in [4.78, 5) is 26.3. The summed E-state index contributed by atoms with van der Waals surface area (Å²) in [5.41, 5.74) is 1.01. The maximum absolute atomic E-state index is 13.2. The molecule has 0 bridgehead atoms. The van der Waals surface area contributed by atoms with Crippen molar-refractivity contribution in [2.45, 2.75) is 24.9 Å². The molecule has 1 fully saturated rings. The topological polar surface area (TPSA) is 66.8 Å². The number of ether oxygens (including phenoxy) is 1. The van der Waals surface area contributed by atoms with Crippen LogP contribution in [-0.2, 0) is 4.79 Å². The molecule has 1 amide bonds. The molecule has 5 nitrogen and oxygen atoms in total. The lowest BCUT2D eigenvalue weighted by Gasteiger charge is -2.29. The van der Waals surface area contributed by atoms with E-state index in [0.717, 1.165) is 5.56 Å². The number of amides is 1. The van der Waals surface area contributed by atoms with E-state index in [-0.39, 0.29) is 5.56 Å². The van der Waals surface area contributed by atoms with Gasteiger partial charge in [0.15, 0.2) is 0 Å². The highest BCUT2D eigenvalue weighted by atomic mass is 35.5. The molecule has 0 radical (unpaired) electrons. The van der Waals surface area contributed by atoms with Gasteiger partial charge < -0.3 is 14.7 Å². The summed E-state index contributed by atoms with van der Waals surface area (Å²) in [5, 5.41) is 10.4. The third-order valence-electron chi connectivity index (χ3n) is 4.52. The number of benzene rings is 2. The fourth-order valence-electron chi connectivity index (χ4n) is 3.34. The number of carbonyl (C=O) groups is 2.